The molecule has 2 fully saturated rings. The molecule has 7 heteroatoms. The first-order chi connectivity index (χ1) is 17.8. The fraction of sp³-hybridized carbons (Fsp3) is 0.533. The summed E-state index contributed by atoms with van der Waals surface area (Å²) in [6.07, 6.45) is 7.28. The average Bonchev–Trinajstić information content (AvgIpc) is 3.75. The van der Waals surface area contributed by atoms with Gasteiger partial charge in [0, 0.05) is 57.7 Å². The lowest BCUT2D eigenvalue weighted by Crippen LogP contribution is -2.46. The summed E-state index contributed by atoms with van der Waals surface area (Å²) in [5.41, 5.74) is 1.79. The number of hydrogen-bond acceptors (Lipinski definition) is 3. The number of piperidine rings is 1. The summed E-state index contributed by atoms with van der Waals surface area (Å²) in [5, 5.41) is 1.08. The summed E-state index contributed by atoms with van der Waals surface area (Å²) in [7, 11) is 3.84. The van der Waals surface area contributed by atoms with Crippen molar-refractivity contribution in [3.63, 3.8) is 0 Å². The number of carbonyl (C=O) groups excluding carboxylic acids is 2. The molecule has 1 saturated heterocycles. The first-order valence-corrected chi connectivity index (χ1v) is 14.3. The Balaban J connectivity index is 1.33. The molecule has 4 rings (SSSR count). The highest BCUT2D eigenvalue weighted by molar-refractivity contribution is 6.42. The monoisotopic (exact) mass is 543 g/mol. The van der Waals surface area contributed by atoms with E-state index in [4.69, 9.17) is 23.2 Å². The molecule has 200 valence electrons. The van der Waals surface area contributed by atoms with Gasteiger partial charge in [-0.05, 0) is 68.0 Å². The van der Waals surface area contributed by atoms with Crippen molar-refractivity contribution >= 4 is 35.0 Å². The number of carbonyl (C=O) groups is 2. The molecule has 5 nitrogen and oxygen atoms in total. The summed E-state index contributed by atoms with van der Waals surface area (Å²) in [6.45, 7) is 3.50. The van der Waals surface area contributed by atoms with Gasteiger partial charge in [-0.3, -0.25) is 9.59 Å². The molecule has 1 aliphatic heterocycles. The molecular weight excluding hydrogens is 505 g/mol. The van der Waals surface area contributed by atoms with E-state index < -0.39 is 0 Å². The Labute approximate surface area is 231 Å². The predicted molar refractivity (Wildman–Crippen MR) is 151 cm³/mol. The van der Waals surface area contributed by atoms with Crippen LogP contribution in [0.5, 0.6) is 0 Å². The number of benzene rings is 2. The zero-order chi connectivity index (χ0) is 26.4. The zero-order valence-corrected chi connectivity index (χ0v) is 23.6. The maximum atomic E-state index is 13.0. The maximum absolute atomic E-state index is 13.0. The van der Waals surface area contributed by atoms with Gasteiger partial charge in [0.15, 0.2) is 0 Å². The lowest BCUT2D eigenvalue weighted by molar-refractivity contribution is -0.133. The highest BCUT2D eigenvalue weighted by atomic mass is 35.5. The Bertz CT molecular complexity index is 1050. The second-order valence-corrected chi connectivity index (χ2v) is 11.6. The van der Waals surface area contributed by atoms with Gasteiger partial charge in [-0.25, -0.2) is 0 Å². The molecule has 2 aromatic carbocycles. The summed E-state index contributed by atoms with van der Waals surface area (Å²) >= 11 is 12.5. The Morgan fingerprint density at radius 1 is 0.973 bits per heavy atom. The summed E-state index contributed by atoms with van der Waals surface area (Å²) in [6, 6.07) is 15.5. The summed E-state index contributed by atoms with van der Waals surface area (Å²) in [4.78, 5) is 31.9. The number of rotatable bonds is 11. The Hall–Kier alpha value is -2.08. The Morgan fingerprint density at radius 3 is 2.32 bits per heavy atom. The van der Waals surface area contributed by atoms with Gasteiger partial charge < -0.3 is 14.7 Å². The highest BCUT2D eigenvalue weighted by Gasteiger charge is 2.28. The number of likely N-dealkylation sites (N-methyl/N-ethyl adjacent to an activating group) is 1. The number of amides is 2. The van der Waals surface area contributed by atoms with Crippen LogP contribution in [0.2, 0.25) is 10.0 Å². The van der Waals surface area contributed by atoms with Crippen LogP contribution in [-0.2, 0) is 4.79 Å². The van der Waals surface area contributed by atoms with Crippen molar-refractivity contribution in [2.45, 2.75) is 56.9 Å². The maximum Gasteiger partial charge on any atom is 0.253 e. The molecular formula is C30H39Cl2N3O2. The van der Waals surface area contributed by atoms with E-state index in [1.54, 1.807) is 4.90 Å². The third kappa shape index (κ3) is 7.95. The second kappa shape index (κ2) is 13.1. The molecule has 0 N–H and O–H groups in total. The fourth-order valence-corrected chi connectivity index (χ4v) is 5.63. The van der Waals surface area contributed by atoms with Gasteiger partial charge in [0.05, 0.1) is 10.0 Å². The van der Waals surface area contributed by atoms with Crippen LogP contribution in [0.3, 0.4) is 0 Å². The van der Waals surface area contributed by atoms with Crippen molar-refractivity contribution < 1.29 is 9.59 Å². The number of halogens is 2. The van der Waals surface area contributed by atoms with Crippen molar-refractivity contribution in [2.75, 3.05) is 40.3 Å². The van der Waals surface area contributed by atoms with E-state index in [9.17, 15) is 9.59 Å². The molecule has 1 heterocycles. The van der Waals surface area contributed by atoms with Gasteiger partial charge >= 0.3 is 0 Å². The van der Waals surface area contributed by atoms with Crippen LogP contribution in [0.25, 0.3) is 0 Å². The van der Waals surface area contributed by atoms with Crippen LogP contribution in [0.15, 0.2) is 48.5 Å². The molecule has 1 aliphatic carbocycles. The molecule has 2 aromatic rings. The third-order valence-electron chi connectivity index (χ3n) is 8.03. The predicted octanol–water partition coefficient (Wildman–Crippen LogP) is 6.35. The molecule has 1 saturated carbocycles. The van der Waals surface area contributed by atoms with Crippen molar-refractivity contribution in [3.05, 3.63) is 69.7 Å². The molecule has 0 spiro atoms. The van der Waals surface area contributed by atoms with Crippen LogP contribution in [0.1, 0.15) is 66.8 Å². The van der Waals surface area contributed by atoms with Crippen LogP contribution < -0.4 is 0 Å². The van der Waals surface area contributed by atoms with Crippen LogP contribution in [0, 0.1) is 5.92 Å². The van der Waals surface area contributed by atoms with Gasteiger partial charge in [-0.2, -0.15) is 0 Å². The second-order valence-electron chi connectivity index (χ2n) is 10.8. The molecule has 0 bridgehead atoms. The van der Waals surface area contributed by atoms with Crippen molar-refractivity contribution in [1.29, 1.82) is 0 Å². The molecule has 2 aliphatic rings. The van der Waals surface area contributed by atoms with Gasteiger partial charge in [0.1, 0.15) is 0 Å². The van der Waals surface area contributed by atoms with Gasteiger partial charge in [0.25, 0.3) is 5.91 Å². The summed E-state index contributed by atoms with van der Waals surface area (Å²) in [5.74, 6) is 1.25. The average molecular weight is 545 g/mol. The van der Waals surface area contributed by atoms with Crippen LogP contribution in [-0.4, -0.2) is 72.8 Å². The Kier molecular flexibility index (Phi) is 9.91. The van der Waals surface area contributed by atoms with E-state index in [1.165, 1.54) is 12.8 Å². The first-order valence-electron chi connectivity index (χ1n) is 13.5. The number of likely N-dealkylation sites (tertiary alicyclic amines) is 1. The van der Waals surface area contributed by atoms with Crippen LogP contribution in [0.4, 0.5) is 0 Å². The van der Waals surface area contributed by atoms with Crippen molar-refractivity contribution in [2.24, 2.45) is 5.92 Å². The zero-order valence-electron chi connectivity index (χ0n) is 22.0. The van der Waals surface area contributed by atoms with Gasteiger partial charge in [0.2, 0.25) is 5.91 Å². The van der Waals surface area contributed by atoms with Gasteiger partial charge in [-0.15, -0.1) is 0 Å². The number of hydrogen-bond donors (Lipinski definition) is 0. The first kappa shape index (κ1) is 27.9. The molecule has 0 aromatic heterocycles. The van der Waals surface area contributed by atoms with E-state index in [0.29, 0.717) is 40.5 Å². The smallest absolute Gasteiger partial charge is 0.253 e. The molecule has 37 heavy (non-hydrogen) atoms. The topological polar surface area (TPSA) is 43.9 Å². The normalized spacial score (nSPS) is 17.4. The minimum absolute atomic E-state index is 0.0147. The van der Waals surface area contributed by atoms with E-state index in [-0.39, 0.29) is 11.8 Å². The third-order valence-corrected chi connectivity index (χ3v) is 8.77. The Morgan fingerprint density at radius 2 is 1.68 bits per heavy atom. The van der Waals surface area contributed by atoms with E-state index in [2.05, 4.69) is 4.90 Å². The molecule has 0 radical (unpaired) electrons. The van der Waals surface area contributed by atoms with Crippen molar-refractivity contribution in [1.82, 2.24) is 14.7 Å². The van der Waals surface area contributed by atoms with E-state index in [1.807, 2.05) is 67.5 Å². The lowest BCUT2D eigenvalue weighted by Gasteiger charge is -2.37. The summed E-state index contributed by atoms with van der Waals surface area (Å²) < 4.78 is 0. The van der Waals surface area contributed by atoms with E-state index >= 15 is 0 Å². The largest absolute Gasteiger partial charge is 0.343 e. The fourth-order valence-electron chi connectivity index (χ4n) is 5.33. The standard InChI is InChI=1S/C30H39Cl2N3O2/c1-33(30(37)23-6-4-3-5-7-23)21-25(24-11-12-27(31)28(32)20-24)14-17-35-18-15-26(16-19-35)34(2)29(36)13-10-22-8-9-22/h3-7,11-12,20,22,25-26H,8-10,13-19,21H2,1-2H3. The number of nitrogens with zero attached hydrogens (tertiary/aromatic N) is 3. The quantitative estimate of drug-likeness (QED) is 0.331. The molecule has 1 unspecified atom stereocenters. The van der Waals surface area contributed by atoms with Gasteiger partial charge in [-0.1, -0.05) is 60.3 Å². The molecule has 2 amide bonds. The minimum Gasteiger partial charge on any atom is -0.343 e. The van der Waals surface area contributed by atoms with Crippen molar-refractivity contribution in [3.8, 4) is 0 Å². The van der Waals surface area contributed by atoms with E-state index in [0.717, 1.165) is 56.8 Å². The minimum atomic E-state index is 0.0147. The highest BCUT2D eigenvalue weighted by Crippen LogP contribution is 2.34. The van der Waals surface area contributed by atoms with Crippen LogP contribution >= 0.6 is 23.2 Å². The lowest BCUT2D eigenvalue weighted by atomic mass is 9.93. The molecule has 1 atom stereocenters. The SMILES string of the molecule is CN(CC(CCN1CCC(N(C)C(=O)CCC2CC2)CC1)c1ccc(Cl)c(Cl)c1)C(=O)c1ccccc1.